The Labute approximate surface area is 137 Å². The molecule has 0 bridgehead atoms. The Bertz CT molecular complexity index is 550. The summed E-state index contributed by atoms with van der Waals surface area (Å²) in [5.41, 5.74) is 1.23. The Kier molecular flexibility index (Phi) is 7.08. The van der Waals surface area contributed by atoms with Gasteiger partial charge in [0.15, 0.2) is 0 Å². The Hall–Kier alpha value is -1.02. The molecular formula is C19H26BrN. The van der Waals surface area contributed by atoms with Crippen LogP contribution in [0.25, 0.3) is 10.8 Å². The molecule has 1 N–H and O–H groups in total. The van der Waals surface area contributed by atoms with Crippen molar-refractivity contribution in [3.63, 3.8) is 0 Å². The van der Waals surface area contributed by atoms with E-state index >= 15 is 0 Å². The van der Waals surface area contributed by atoms with Crippen molar-refractivity contribution in [1.29, 1.82) is 0 Å². The van der Waals surface area contributed by atoms with Crippen molar-refractivity contribution in [2.24, 2.45) is 0 Å². The third-order valence-electron chi connectivity index (χ3n) is 3.91. The Balaban J connectivity index is 1.70. The zero-order valence-electron chi connectivity index (χ0n) is 13.0. The summed E-state index contributed by atoms with van der Waals surface area (Å²) < 4.78 is 1.14. The molecule has 0 saturated heterocycles. The summed E-state index contributed by atoms with van der Waals surface area (Å²) in [6.45, 7) is 3.35. The van der Waals surface area contributed by atoms with Crippen LogP contribution in [0.3, 0.4) is 0 Å². The number of fused-ring (bicyclic) bond motifs is 1. The maximum absolute atomic E-state index is 3.54. The number of benzene rings is 2. The Morgan fingerprint density at radius 2 is 1.48 bits per heavy atom. The zero-order valence-corrected chi connectivity index (χ0v) is 14.6. The van der Waals surface area contributed by atoms with E-state index in [1.807, 2.05) is 0 Å². The second kappa shape index (κ2) is 9.09. The molecule has 2 aromatic rings. The van der Waals surface area contributed by atoms with Crippen molar-refractivity contribution < 1.29 is 0 Å². The fourth-order valence-corrected chi connectivity index (χ4v) is 3.02. The highest BCUT2D eigenvalue weighted by atomic mass is 79.9. The minimum absolute atomic E-state index is 1.08. The molecule has 0 fully saturated rings. The lowest BCUT2D eigenvalue weighted by Gasteiger charge is -2.08. The Morgan fingerprint density at radius 3 is 2.29 bits per heavy atom. The summed E-state index contributed by atoms with van der Waals surface area (Å²) in [7, 11) is 0. The average Bonchev–Trinajstić information content (AvgIpc) is 2.50. The highest BCUT2D eigenvalue weighted by molar-refractivity contribution is 9.10. The van der Waals surface area contributed by atoms with Crippen LogP contribution in [0.5, 0.6) is 0 Å². The normalized spacial score (nSPS) is 11.0. The van der Waals surface area contributed by atoms with E-state index in [0.29, 0.717) is 0 Å². The van der Waals surface area contributed by atoms with Crippen LogP contribution in [-0.4, -0.2) is 6.54 Å². The summed E-state index contributed by atoms with van der Waals surface area (Å²) in [5.74, 6) is 0. The van der Waals surface area contributed by atoms with Gasteiger partial charge in [-0.2, -0.15) is 0 Å². The number of nitrogens with one attached hydrogen (secondary N) is 1. The molecule has 21 heavy (non-hydrogen) atoms. The van der Waals surface area contributed by atoms with E-state index in [-0.39, 0.29) is 0 Å². The van der Waals surface area contributed by atoms with Crippen molar-refractivity contribution in [2.75, 3.05) is 11.9 Å². The second-order valence-corrected chi connectivity index (χ2v) is 6.67. The van der Waals surface area contributed by atoms with E-state index in [1.165, 1.54) is 61.4 Å². The molecule has 114 valence electrons. The maximum atomic E-state index is 3.54. The van der Waals surface area contributed by atoms with Crippen LogP contribution in [0.4, 0.5) is 5.69 Å². The molecule has 0 radical (unpaired) electrons. The fraction of sp³-hybridized carbons (Fsp3) is 0.474. The first-order chi connectivity index (χ1) is 10.3. The predicted molar refractivity (Wildman–Crippen MR) is 98.1 cm³/mol. The van der Waals surface area contributed by atoms with Crippen molar-refractivity contribution in [2.45, 2.75) is 51.9 Å². The fourth-order valence-electron chi connectivity index (χ4n) is 2.64. The molecular weight excluding hydrogens is 322 g/mol. The largest absolute Gasteiger partial charge is 0.385 e. The van der Waals surface area contributed by atoms with Gasteiger partial charge in [0.1, 0.15) is 0 Å². The van der Waals surface area contributed by atoms with E-state index in [0.717, 1.165) is 11.0 Å². The molecule has 0 aliphatic carbocycles. The predicted octanol–water partition coefficient (Wildman–Crippen LogP) is 6.76. The molecule has 0 amide bonds. The van der Waals surface area contributed by atoms with Crippen molar-refractivity contribution in [3.8, 4) is 0 Å². The highest BCUT2D eigenvalue weighted by Crippen LogP contribution is 2.23. The standard InChI is InChI=1S/C19H26BrN/c1-2-3-4-5-6-7-8-13-21-19-12-10-16-14-18(20)11-9-17(16)15-19/h9-12,14-15,21H,2-8,13H2,1H3. The molecule has 0 atom stereocenters. The van der Waals surface area contributed by atoms with E-state index in [2.05, 4.69) is 64.6 Å². The van der Waals surface area contributed by atoms with E-state index in [9.17, 15) is 0 Å². The SMILES string of the molecule is CCCCCCCCCNc1ccc2cc(Br)ccc2c1. The van der Waals surface area contributed by atoms with Gasteiger partial charge in [0, 0.05) is 16.7 Å². The van der Waals surface area contributed by atoms with Crippen LogP contribution >= 0.6 is 15.9 Å². The summed E-state index contributed by atoms with van der Waals surface area (Å²) in [5, 5.41) is 6.12. The summed E-state index contributed by atoms with van der Waals surface area (Å²) in [6, 6.07) is 13.0. The van der Waals surface area contributed by atoms with Gasteiger partial charge in [0.2, 0.25) is 0 Å². The minimum Gasteiger partial charge on any atom is -0.385 e. The third kappa shape index (κ3) is 5.70. The van der Waals surface area contributed by atoms with Gasteiger partial charge in [0.05, 0.1) is 0 Å². The van der Waals surface area contributed by atoms with Crippen molar-refractivity contribution in [3.05, 3.63) is 40.9 Å². The molecule has 0 aliphatic rings. The summed E-state index contributed by atoms with van der Waals surface area (Å²) in [4.78, 5) is 0. The van der Waals surface area contributed by atoms with Crippen LogP contribution in [0, 0.1) is 0 Å². The van der Waals surface area contributed by atoms with Gasteiger partial charge in [-0.25, -0.2) is 0 Å². The van der Waals surface area contributed by atoms with Gasteiger partial charge in [-0.15, -0.1) is 0 Å². The maximum Gasteiger partial charge on any atom is 0.0346 e. The van der Waals surface area contributed by atoms with Gasteiger partial charge >= 0.3 is 0 Å². The topological polar surface area (TPSA) is 12.0 Å². The second-order valence-electron chi connectivity index (χ2n) is 5.75. The average molecular weight is 348 g/mol. The first-order valence-corrected chi connectivity index (χ1v) is 9.02. The molecule has 0 aliphatic heterocycles. The smallest absolute Gasteiger partial charge is 0.0346 e. The monoisotopic (exact) mass is 347 g/mol. The molecule has 2 heteroatoms. The third-order valence-corrected chi connectivity index (χ3v) is 4.40. The Morgan fingerprint density at radius 1 is 0.810 bits per heavy atom. The molecule has 2 rings (SSSR count). The number of hydrogen-bond acceptors (Lipinski definition) is 1. The van der Waals surface area contributed by atoms with E-state index in [4.69, 9.17) is 0 Å². The lowest BCUT2D eigenvalue weighted by molar-refractivity contribution is 0.596. The molecule has 1 nitrogen and oxygen atoms in total. The van der Waals surface area contributed by atoms with Crippen LogP contribution in [0.1, 0.15) is 51.9 Å². The van der Waals surface area contributed by atoms with Gasteiger partial charge in [0.25, 0.3) is 0 Å². The molecule has 0 aromatic heterocycles. The number of hydrogen-bond donors (Lipinski definition) is 1. The minimum atomic E-state index is 1.08. The first-order valence-electron chi connectivity index (χ1n) is 8.23. The van der Waals surface area contributed by atoms with Crippen LogP contribution in [0.2, 0.25) is 0 Å². The highest BCUT2D eigenvalue weighted by Gasteiger charge is 1.97. The van der Waals surface area contributed by atoms with Crippen LogP contribution in [-0.2, 0) is 0 Å². The van der Waals surface area contributed by atoms with Gasteiger partial charge in [-0.3, -0.25) is 0 Å². The molecule has 0 unspecified atom stereocenters. The van der Waals surface area contributed by atoms with Gasteiger partial charge < -0.3 is 5.32 Å². The molecule has 0 saturated carbocycles. The lowest BCUT2D eigenvalue weighted by Crippen LogP contribution is -2.01. The summed E-state index contributed by atoms with van der Waals surface area (Å²) >= 11 is 3.52. The number of anilines is 1. The van der Waals surface area contributed by atoms with E-state index in [1.54, 1.807) is 0 Å². The first kappa shape index (κ1) is 16.4. The molecule has 2 aromatic carbocycles. The van der Waals surface area contributed by atoms with Crippen molar-refractivity contribution >= 4 is 32.4 Å². The van der Waals surface area contributed by atoms with Crippen molar-refractivity contribution in [1.82, 2.24) is 0 Å². The molecule has 0 heterocycles. The zero-order chi connectivity index (χ0) is 14.9. The number of unbranched alkanes of at least 4 members (excludes halogenated alkanes) is 6. The van der Waals surface area contributed by atoms with Crippen LogP contribution in [0.15, 0.2) is 40.9 Å². The summed E-state index contributed by atoms with van der Waals surface area (Å²) in [6.07, 6.45) is 9.53. The van der Waals surface area contributed by atoms with Crippen LogP contribution < -0.4 is 5.32 Å². The van der Waals surface area contributed by atoms with E-state index < -0.39 is 0 Å². The van der Waals surface area contributed by atoms with Gasteiger partial charge in [-0.05, 0) is 41.5 Å². The quantitative estimate of drug-likeness (QED) is 0.493. The number of halogens is 1. The van der Waals surface area contributed by atoms with Gasteiger partial charge in [-0.1, -0.05) is 73.5 Å². The lowest BCUT2D eigenvalue weighted by atomic mass is 10.1. The molecule has 0 spiro atoms. The number of rotatable bonds is 9.